The summed E-state index contributed by atoms with van der Waals surface area (Å²) >= 11 is 6.42. The van der Waals surface area contributed by atoms with Crippen LogP contribution in [-0.2, 0) is 0 Å². The van der Waals surface area contributed by atoms with Gasteiger partial charge in [-0.3, -0.25) is 15.5 Å². The predicted molar refractivity (Wildman–Crippen MR) is 122 cm³/mol. The van der Waals surface area contributed by atoms with E-state index < -0.39 is 4.92 Å². The number of nitro groups is 1. The monoisotopic (exact) mass is 453 g/mol. The Bertz CT molecular complexity index is 1180. The summed E-state index contributed by atoms with van der Waals surface area (Å²) in [7, 11) is 3.14. The fraction of sp³-hybridized carbons (Fsp3) is 0.174. The summed E-state index contributed by atoms with van der Waals surface area (Å²) < 4.78 is 17.2. The van der Waals surface area contributed by atoms with Crippen molar-refractivity contribution in [2.24, 2.45) is 5.10 Å². The van der Waals surface area contributed by atoms with Gasteiger partial charge in [-0.1, -0.05) is 29.8 Å². The first-order valence-electron chi connectivity index (χ1n) is 9.74. The minimum atomic E-state index is -0.448. The Balaban J connectivity index is 1.74. The average molecular weight is 454 g/mol. The molecule has 3 aromatic rings. The molecule has 1 aliphatic heterocycles. The van der Waals surface area contributed by atoms with E-state index in [4.69, 9.17) is 25.8 Å². The third-order valence-corrected chi connectivity index (χ3v) is 5.43. The lowest BCUT2D eigenvalue weighted by Gasteiger charge is -2.29. The topological polar surface area (TPSA) is 95.2 Å². The van der Waals surface area contributed by atoms with Gasteiger partial charge in [0.1, 0.15) is 23.4 Å². The summed E-state index contributed by atoms with van der Waals surface area (Å²) in [4.78, 5) is 10.4. The van der Waals surface area contributed by atoms with Crippen LogP contribution in [0.4, 0.5) is 11.4 Å². The Labute approximate surface area is 189 Å². The number of methoxy groups -OCH3 is 2. The Morgan fingerprint density at radius 2 is 1.88 bits per heavy atom. The number of benzene rings is 3. The van der Waals surface area contributed by atoms with Gasteiger partial charge in [-0.05, 0) is 18.2 Å². The number of fused-ring (bicyclic) bond motifs is 1. The molecule has 0 spiro atoms. The summed E-state index contributed by atoms with van der Waals surface area (Å²) in [6, 6.07) is 17.1. The molecule has 9 heteroatoms. The number of nitro benzene ring substituents is 1. The molecule has 0 radical (unpaired) electrons. The number of hydrogen-bond donors (Lipinski definition) is 1. The molecule has 0 bridgehead atoms. The van der Waals surface area contributed by atoms with Gasteiger partial charge in [0.25, 0.3) is 5.69 Å². The largest absolute Gasteiger partial charge is 0.496 e. The number of nitrogens with zero attached hydrogens (tertiary/aromatic N) is 2. The molecule has 1 unspecified atom stereocenters. The number of nitrogens with one attached hydrogen (secondary N) is 1. The molecule has 4 rings (SSSR count). The van der Waals surface area contributed by atoms with E-state index in [9.17, 15) is 10.1 Å². The molecule has 1 heterocycles. The first-order valence-corrected chi connectivity index (χ1v) is 10.1. The van der Waals surface area contributed by atoms with Crippen LogP contribution < -0.4 is 19.6 Å². The van der Waals surface area contributed by atoms with Gasteiger partial charge in [0.05, 0.1) is 36.1 Å². The van der Waals surface area contributed by atoms with Crippen LogP contribution in [0.5, 0.6) is 17.2 Å². The number of hydrazone groups is 1. The van der Waals surface area contributed by atoms with Crippen molar-refractivity contribution in [1.29, 1.82) is 0 Å². The minimum absolute atomic E-state index is 0.00663. The van der Waals surface area contributed by atoms with E-state index in [0.29, 0.717) is 45.7 Å². The first kappa shape index (κ1) is 21.5. The van der Waals surface area contributed by atoms with E-state index in [1.54, 1.807) is 38.5 Å². The van der Waals surface area contributed by atoms with Crippen molar-refractivity contribution < 1.29 is 19.1 Å². The predicted octanol–water partition coefficient (Wildman–Crippen LogP) is 5.61. The lowest BCUT2D eigenvalue weighted by atomic mass is 9.94. The van der Waals surface area contributed by atoms with Crippen LogP contribution in [0.25, 0.3) is 0 Å². The molecule has 3 aromatic carbocycles. The molecule has 1 N–H and O–H groups in total. The standard InChI is InChI=1S/C23H20ClN3O5/c1-30-16-11-21(31-2)23-19(26-25-14-7-9-15(10-8-14)27(28)29)13-20(32-22(23)12-16)17-5-3-4-6-18(17)24/h3-12,20,25H,13H2,1-2H3. The van der Waals surface area contributed by atoms with Crippen LogP contribution in [0.15, 0.2) is 65.8 Å². The molecular formula is C23H20ClN3O5. The van der Waals surface area contributed by atoms with E-state index in [0.717, 1.165) is 5.56 Å². The van der Waals surface area contributed by atoms with E-state index in [-0.39, 0.29) is 11.8 Å². The van der Waals surface area contributed by atoms with Gasteiger partial charge in [0.2, 0.25) is 0 Å². The highest BCUT2D eigenvalue weighted by Gasteiger charge is 2.31. The molecule has 8 nitrogen and oxygen atoms in total. The number of halogens is 1. The normalized spacial score (nSPS) is 16.1. The zero-order valence-electron chi connectivity index (χ0n) is 17.4. The van der Waals surface area contributed by atoms with Gasteiger partial charge in [0.15, 0.2) is 0 Å². The molecule has 0 amide bonds. The summed E-state index contributed by atoms with van der Waals surface area (Å²) in [5.41, 5.74) is 5.82. The Hall–Kier alpha value is -3.78. The van der Waals surface area contributed by atoms with Crippen LogP contribution in [0.1, 0.15) is 23.7 Å². The minimum Gasteiger partial charge on any atom is -0.496 e. The third-order valence-electron chi connectivity index (χ3n) is 5.08. The van der Waals surface area contributed by atoms with Crippen molar-refractivity contribution in [3.63, 3.8) is 0 Å². The lowest BCUT2D eigenvalue weighted by Crippen LogP contribution is -2.23. The van der Waals surface area contributed by atoms with Crippen molar-refractivity contribution in [1.82, 2.24) is 0 Å². The van der Waals surface area contributed by atoms with Gasteiger partial charge >= 0.3 is 0 Å². The SMILES string of the molecule is COc1cc(OC)c2c(c1)OC(c1ccccc1Cl)CC2=NNc1ccc([N+](=O)[O-])cc1. The average Bonchev–Trinajstić information content (AvgIpc) is 2.82. The van der Waals surface area contributed by atoms with Crippen molar-refractivity contribution in [3.05, 3.63) is 86.9 Å². The fourth-order valence-electron chi connectivity index (χ4n) is 3.50. The lowest BCUT2D eigenvalue weighted by molar-refractivity contribution is -0.384. The first-order chi connectivity index (χ1) is 15.5. The van der Waals surface area contributed by atoms with Crippen LogP contribution in [0, 0.1) is 10.1 Å². The molecule has 1 atom stereocenters. The smallest absolute Gasteiger partial charge is 0.269 e. The number of ether oxygens (including phenoxy) is 3. The van der Waals surface area contributed by atoms with Gasteiger partial charge in [0, 0.05) is 41.3 Å². The van der Waals surface area contributed by atoms with E-state index >= 15 is 0 Å². The summed E-state index contributed by atoms with van der Waals surface area (Å²) in [6.07, 6.45) is 0.0600. The van der Waals surface area contributed by atoms with E-state index in [2.05, 4.69) is 10.5 Å². The second kappa shape index (κ2) is 9.15. The third kappa shape index (κ3) is 4.31. The second-order valence-corrected chi connectivity index (χ2v) is 7.42. The summed E-state index contributed by atoms with van der Waals surface area (Å²) in [5, 5.41) is 16.1. The summed E-state index contributed by atoms with van der Waals surface area (Å²) in [5.74, 6) is 1.70. The molecule has 1 aliphatic rings. The van der Waals surface area contributed by atoms with Crippen molar-refractivity contribution in [2.45, 2.75) is 12.5 Å². The number of anilines is 1. The van der Waals surface area contributed by atoms with Crippen LogP contribution >= 0.6 is 11.6 Å². The molecule has 32 heavy (non-hydrogen) atoms. The maximum atomic E-state index is 10.9. The molecule has 0 saturated heterocycles. The highest BCUT2D eigenvalue weighted by atomic mass is 35.5. The zero-order valence-corrected chi connectivity index (χ0v) is 18.1. The maximum absolute atomic E-state index is 10.9. The summed E-state index contributed by atoms with van der Waals surface area (Å²) in [6.45, 7) is 0. The Kier molecular flexibility index (Phi) is 6.13. The molecule has 0 aromatic heterocycles. The maximum Gasteiger partial charge on any atom is 0.269 e. The number of non-ortho nitro benzene ring substituents is 1. The fourth-order valence-corrected chi connectivity index (χ4v) is 3.75. The number of hydrogen-bond acceptors (Lipinski definition) is 7. The van der Waals surface area contributed by atoms with E-state index in [1.165, 1.54) is 12.1 Å². The van der Waals surface area contributed by atoms with Crippen LogP contribution in [0.3, 0.4) is 0 Å². The van der Waals surface area contributed by atoms with Crippen molar-refractivity contribution in [3.8, 4) is 17.2 Å². The molecular weight excluding hydrogens is 434 g/mol. The molecule has 0 aliphatic carbocycles. The Morgan fingerprint density at radius 1 is 1.12 bits per heavy atom. The zero-order chi connectivity index (χ0) is 22.7. The number of rotatable bonds is 6. The van der Waals surface area contributed by atoms with Gasteiger partial charge in [-0.15, -0.1) is 0 Å². The highest BCUT2D eigenvalue weighted by Crippen LogP contribution is 2.43. The van der Waals surface area contributed by atoms with Gasteiger partial charge in [-0.2, -0.15) is 5.10 Å². The molecule has 0 saturated carbocycles. The van der Waals surface area contributed by atoms with E-state index in [1.807, 2.05) is 24.3 Å². The van der Waals surface area contributed by atoms with Crippen LogP contribution in [-0.4, -0.2) is 24.9 Å². The molecule has 164 valence electrons. The second-order valence-electron chi connectivity index (χ2n) is 7.01. The van der Waals surface area contributed by atoms with Crippen molar-refractivity contribution >= 4 is 28.7 Å². The molecule has 0 fully saturated rings. The highest BCUT2D eigenvalue weighted by molar-refractivity contribution is 6.31. The van der Waals surface area contributed by atoms with Gasteiger partial charge in [-0.25, -0.2) is 0 Å². The quantitative estimate of drug-likeness (QED) is 0.385. The van der Waals surface area contributed by atoms with Gasteiger partial charge < -0.3 is 14.2 Å². The van der Waals surface area contributed by atoms with Crippen LogP contribution in [0.2, 0.25) is 5.02 Å². The Morgan fingerprint density at radius 3 is 2.53 bits per heavy atom. The van der Waals surface area contributed by atoms with Crippen molar-refractivity contribution in [2.75, 3.05) is 19.6 Å².